The fraction of sp³-hybridized carbons (Fsp3) is 0.667. The van der Waals surface area contributed by atoms with Crippen molar-refractivity contribution in [3.63, 3.8) is 0 Å². The van der Waals surface area contributed by atoms with Gasteiger partial charge in [-0.25, -0.2) is 0 Å². The van der Waals surface area contributed by atoms with E-state index in [-0.39, 0.29) is 36.0 Å². The molecule has 0 fully saturated rings. The van der Waals surface area contributed by atoms with Crippen molar-refractivity contribution in [1.29, 1.82) is 0 Å². The predicted molar refractivity (Wildman–Crippen MR) is 47.2 cm³/mol. The van der Waals surface area contributed by atoms with Crippen molar-refractivity contribution in [1.82, 2.24) is 0 Å². The zero-order chi connectivity index (χ0) is 10.6. The molecule has 0 amide bonds. The fourth-order valence-corrected chi connectivity index (χ4v) is 1.36. The maximum Gasteiger partial charge on any atom is 1.00 e. The van der Waals surface area contributed by atoms with Crippen LogP contribution in [0.5, 0.6) is 0 Å². The smallest absolute Gasteiger partial charge is 0.482 e. The van der Waals surface area contributed by atoms with Gasteiger partial charge in [-0.3, -0.25) is 15.5 Å². The van der Waals surface area contributed by atoms with Crippen LogP contribution in [0.2, 0.25) is 0 Å². The van der Waals surface area contributed by atoms with Crippen LogP contribution in [-0.4, -0.2) is 22.2 Å². The molecule has 0 bridgehead atoms. The van der Waals surface area contributed by atoms with Crippen molar-refractivity contribution < 1.29 is 49.4 Å². The summed E-state index contributed by atoms with van der Waals surface area (Å²) in [4.78, 5) is 21.8. The second kappa shape index (κ2) is 6.43. The quantitative estimate of drug-likeness (QED) is 0.331. The van der Waals surface area contributed by atoms with Crippen molar-refractivity contribution in [2.75, 3.05) is 0 Å². The number of rotatable bonds is 5. The molecule has 5 heteroatoms. The van der Waals surface area contributed by atoms with Crippen molar-refractivity contribution >= 4 is 11.9 Å². The van der Waals surface area contributed by atoms with Gasteiger partial charge in [0.05, 0.1) is 0 Å². The molecule has 14 heavy (non-hydrogen) atoms. The zero-order valence-electron chi connectivity index (χ0n) is 9.13. The van der Waals surface area contributed by atoms with Gasteiger partial charge in [-0.1, -0.05) is 20.3 Å². The summed E-state index contributed by atoms with van der Waals surface area (Å²) in [7, 11) is 0. The summed E-state index contributed by atoms with van der Waals surface area (Å²) >= 11 is 0. The number of aliphatic carboxylic acids is 2. The van der Waals surface area contributed by atoms with Crippen molar-refractivity contribution in [2.24, 2.45) is 5.41 Å². The minimum absolute atomic E-state index is 0. The Morgan fingerprint density at radius 2 is 1.57 bits per heavy atom. The molecule has 76 valence electrons. The summed E-state index contributed by atoms with van der Waals surface area (Å²) in [5.41, 5.74) is -1.70. The van der Waals surface area contributed by atoms with Crippen molar-refractivity contribution in [3.8, 4) is 0 Å². The molecule has 0 radical (unpaired) electrons. The maximum atomic E-state index is 10.9. The molecule has 4 nitrogen and oxygen atoms in total. The van der Waals surface area contributed by atoms with Crippen LogP contribution in [0, 0.1) is 11.3 Å². The van der Waals surface area contributed by atoms with Gasteiger partial charge < -0.3 is 10.2 Å². The average molecular weight is 210 g/mol. The van der Waals surface area contributed by atoms with E-state index < -0.39 is 17.4 Å². The van der Waals surface area contributed by atoms with Gasteiger partial charge in [0, 0.05) is 5.41 Å². The third-order valence-corrected chi connectivity index (χ3v) is 2.52. The normalized spacial score (nSPS) is 10.9. The Labute approximate surface area is 106 Å². The zero-order valence-corrected chi connectivity index (χ0v) is 11.1. The Morgan fingerprint density at radius 3 is 1.64 bits per heavy atom. The summed E-state index contributed by atoms with van der Waals surface area (Å²) in [5.74, 6) is -2.07. The molecule has 0 saturated carbocycles. The first-order valence-electron chi connectivity index (χ1n) is 4.23. The standard InChI is InChI=1S/C9H15O4.Na/c1-4-6(3)9(5-2,7(10)11)8(12)13;/h4-5H2,1-3H3,(H,10,11)(H,12,13);/q-1;+1. The molecule has 0 rings (SSSR count). The van der Waals surface area contributed by atoms with Gasteiger partial charge in [-0.2, -0.15) is 13.3 Å². The fourth-order valence-electron chi connectivity index (χ4n) is 1.36. The second-order valence-electron chi connectivity index (χ2n) is 3.00. The average Bonchev–Trinajstić information content (AvgIpc) is 2.04. The molecule has 0 saturated heterocycles. The Balaban J connectivity index is 0. The first kappa shape index (κ1) is 16.4. The minimum Gasteiger partial charge on any atom is -0.482 e. The largest absolute Gasteiger partial charge is 1.00 e. The molecule has 0 spiro atoms. The number of carboxylic acids is 2. The topological polar surface area (TPSA) is 74.6 Å². The van der Waals surface area contributed by atoms with Gasteiger partial charge in [0.25, 0.3) is 11.9 Å². The van der Waals surface area contributed by atoms with Crippen LogP contribution in [0.3, 0.4) is 0 Å². The van der Waals surface area contributed by atoms with Crippen LogP contribution in [0.1, 0.15) is 33.6 Å². The van der Waals surface area contributed by atoms with Gasteiger partial charge >= 0.3 is 29.6 Å². The molecule has 0 unspecified atom stereocenters. The van der Waals surface area contributed by atoms with Crippen LogP contribution in [-0.2, 0) is 9.59 Å². The van der Waals surface area contributed by atoms with Gasteiger partial charge in [0.15, 0.2) is 0 Å². The predicted octanol–water partition coefficient (Wildman–Crippen LogP) is -1.44. The van der Waals surface area contributed by atoms with E-state index in [0.717, 1.165) is 0 Å². The molecule has 0 heterocycles. The van der Waals surface area contributed by atoms with E-state index >= 15 is 0 Å². The molecule has 0 aromatic rings. The molecule has 0 aromatic heterocycles. The molecule has 0 aliphatic rings. The number of carboxylic acid groups (broad SMARTS) is 2. The molecule has 2 N–H and O–H groups in total. The Kier molecular flexibility index (Phi) is 7.52. The van der Waals surface area contributed by atoms with E-state index in [9.17, 15) is 9.59 Å². The van der Waals surface area contributed by atoms with E-state index in [1.807, 2.05) is 0 Å². The van der Waals surface area contributed by atoms with Crippen molar-refractivity contribution in [2.45, 2.75) is 33.6 Å². The van der Waals surface area contributed by atoms with E-state index in [0.29, 0.717) is 12.3 Å². The van der Waals surface area contributed by atoms with Gasteiger partial charge in [-0.05, 0) is 0 Å². The Morgan fingerprint density at radius 1 is 1.21 bits per heavy atom. The minimum atomic E-state index is -1.70. The first-order valence-corrected chi connectivity index (χ1v) is 4.23. The van der Waals surface area contributed by atoms with Crippen LogP contribution in [0.15, 0.2) is 0 Å². The van der Waals surface area contributed by atoms with Crippen LogP contribution < -0.4 is 29.6 Å². The second-order valence-corrected chi connectivity index (χ2v) is 3.00. The van der Waals surface area contributed by atoms with Crippen molar-refractivity contribution in [3.05, 3.63) is 5.92 Å². The van der Waals surface area contributed by atoms with Crippen LogP contribution in [0.4, 0.5) is 0 Å². The number of hydrogen-bond donors (Lipinski definition) is 2. The summed E-state index contributed by atoms with van der Waals surface area (Å²) in [6.45, 7) is 4.90. The molecule has 0 aromatic carbocycles. The SMILES string of the molecule is CC[C-](C)C(CC)(C(=O)O)C(=O)O.[Na+]. The van der Waals surface area contributed by atoms with Crippen LogP contribution >= 0.6 is 0 Å². The Bertz CT molecular complexity index is 201. The van der Waals surface area contributed by atoms with Crippen LogP contribution in [0.25, 0.3) is 0 Å². The van der Waals surface area contributed by atoms with E-state index in [1.165, 1.54) is 0 Å². The van der Waals surface area contributed by atoms with E-state index in [4.69, 9.17) is 10.2 Å². The third-order valence-electron chi connectivity index (χ3n) is 2.52. The first-order chi connectivity index (χ1) is 5.93. The summed E-state index contributed by atoms with van der Waals surface area (Å²) in [5, 5.41) is 17.8. The molecular weight excluding hydrogens is 195 g/mol. The summed E-state index contributed by atoms with van der Waals surface area (Å²) < 4.78 is 0. The molecule has 0 aliphatic heterocycles. The maximum absolute atomic E-state index is 10.9. The number of hydrogen-bond acceptors (Lipinski definition) is 2. The summed E-state index contributed by atoms with van der Waals surface area (Å²) in [6.07, 6.45) is 0.545. The van der Waals surface area contributed by atoms with E-state index in [2.05, 4.69) is 0 Å². The molecule has 0 aliphatic carbocycles. The molecular formula is C9H15NaO4. The third kappa shape index (κ3) is 2.72. The Hall–Kier alpha value is -0.0600. The van der Waals surface area contributed by atoms with Gasteiger partial charge in [0.1, 0.15) is 0 Å². The number of carbonyl (C=O) groups is 2. The monoisotopic (exact) mass is 210 g/mol. The summed E-state index contributed by atoms with van der Waals surface area (Å²) in [6, 6.07) is 0. The van der Waals surface area contributed by atoms with E-state index in [1.54, 1.807) is 20.8 Å². The molecule has 0 atom stereocenters. The van der Waals surface area contributed by atoms with Gasteiger partial charge in [0.2, 0.25) is 0 Å². The van der Waals surface area contributed by atoms with Gasteiger partial charge in [-0.15, -0.1) is 0 Å².